The molecule has 6 nitrogen and oxygen atoms in total. The first-order valence-corrected chi connectivity index (χ1v) is 12.2. The molecule has 36 heavy (non-hydrogen) atoms. The fourth-order valence-corrected chi connectivity index (χ4v) is 4.58. The van der Waals surface area contributed by atoms with Gasteiger partial charge in [0.2, 0.25) is 11.5 Å². The third-order valence-corrected chi connectivity index (χ3v) is 6.00. The third-order valence-electron chi connectivity index (χ3n) is 6.00. The van der Waals surface area contributed by atoms with Gasteiger partial charge in [-0.15, -0.1) is 0 Å². The lowest BCUT2D eigenvalue weighted by atomic mass is 9.84. The van der Waals surface area contributed by atoms with Crippen molar-refractivity contribution in [3.05, 3.63) is 107 Å². The quantitative estimate of drug-likeness (QED) is 0.429. The highest BCUT2D eigenvalue weighted by Gasteiger charge is 2.38. The summed E-state index contributed by atoms with van der Waals surface area (Å²) >= 11 is 0. The number of benzene rings is 2. The van der Waals surface area contributed by atoms with Gasteiger partial charge in [-0.1, -0.05) is 69.9 Å². The fraction of sp³-hybridized carbons (Fsp3) is 0.267. The predicted molar refractivity (Wildman–Crippen MR) is 140 cm³/mol. The van der Waals surface area contributed by atoms with Crippen molar-refractivity contribution in [1.29, 1.82) is 0 Å². The molecule has 0 bridgehead atoms. The number of carbonyl (C=O) groups is 1. The van der Waals surface area contributed by atoms with E-state index in [1.807, 2.05) is 60.7 Å². The summed E-state index contributed by atoms with van der Waals surface area (Å²) in [7, 11) is 0. The highest BCUT2D eigenvalue weighted by molar-refractivity contribution is 6.23. The van der Waals surface area contributed by atoms with Crippen LogP contribution in [-0.4, -0.2) is 39.4 Å². The van der Waals surface area contributed by atoms with Crippen LogP contribution in [0.2, 0.25) is 0 Å². The molecular formula is C30H32N2O4. The fourth-order valence-electron chi connectivity index (χ4n) is 4.58. The summed E-state index contributed by atoms with van der Waals surface area (Å²) < 4.78 is 2.09. The molecule has 2 N–H and O–H groups in total. The molecule has 0 atom stereocenters. The maximum Gasteiger partial charge on any atom is 0.209 e. The minimum absolute atomic E-state index is 0.0217. The Hall–Kier alpha value is -4.06. The molecule has 0 aromatic heterocycles. The van der Waals surface area contributed by atoms with E-state index in [0.717, 1.165) is 13.1 Å². The van der Waals surface area contributed by atoms with E-state index in [4.69, 9.17) is 0 Å². The summed E-state index contributed by atoms with van der Waals surface area (Å²) in [5.74, 6) is -0.875. The number of ketones is 1. The zero-order valence-electron chi connectivity index (χ0n) is 21.1. The first-order valence-electron chi connectivity index (χ1n) is 12.2. The molecule has 0 heterocycles. The molecule has 0 saturated heterocycles. The molecule has 0 saturated carbocycles. The van der Waals surface area contributed by atoms with Crippen LogP contribution in [0.4, 0.5) is 11.4 Å². The summed E-state index contributed by atoms with van der Waals surface area (Å²) in [5, 5.41) is 35.2. The Labute approximate surface area is 212 Å². The van der Waals surface area contributed by atoms with Gasteiger partial charge in [0.25, 0.3) is 0 Å². The summed E-state index contributed by atoms with van der Waals surface area (Å²) in [6, 6.07) is 18.3. The Kier molecular flexibility index (Phi) is 7.15. The standard InChI is InChI=1S/C30H32N2O4/c1-19(2)17-31(18-20(3)4)23-15-24(33)26(25(34)16-23)27-29(35)28(30(27)36)32(21-11-7-5-8-12-21)22-13-9-6-10-14-22/h5-16,19-20H,17-18H2,1-4H3,(H2,33,34,35,36). The number of rotatable bonds is 7. The number of allylic oxidation sites excluding steroid dienone is 4. The smallest absolute Gasteiger partial charge is 0.209 e. The molecule has 2 aromatic carbocycles. The molecule has 2 aliphatic carbocycles. The SMILES string of the molecule is CC(C)C[N+](CC(C)C)=C1C=C(O)C(=C2C(=O)C(N(c3ccccc3)c3ccccc3)=C2[O-])C(O)=C1. The molecule has 6 heteroatoms. The number of aliphatic hydroxyl groups excluding tert-OH is 2. The van der Waals surface area contributed by atoms with Gasteiger partial charge in [0, 0.05) is 28.8 Å². The van der Waals surface area contributed by atoms with Crippen molar-refractivity contribution in [3.63, 3.8) is 0 Å². The van der Waals surface area contributed by atoms with Crippen LogP contribution in [0.25, 0.3) is 0 Å². The normalized spacial score (nSPS) is 15.8. The van der Waals surface area contributed by atoms with E-state index in [2.05, 4.69) is 32.3 Å². The van der Waals surface area contributed by atoms with E-state index in [1.54, 1.807) is 4.90 Å². The molecule has 0 spiro atoms. The van der Waals surface area contributed by atoms with Crippen LogP contribution in [0, 0.1) is 11.8 Å². The second-order valence-electron chi connectivity index (χ2n) is 9.94. The number of Topliss-reactive ketones (excluding diaryl/α,β-unsaturated/α-hetero) is 1. The third kappa shape index (κ3) is 4.85. The van der Waals surface area contributed by atoms with Crippen molar-refractivity contribution in [3.8, 4) is 0 Å². The summed E-state index contributed by atoms with van der Waals surface area (Å²) in [6.45, 7) is 9.89. The average molecular weight is 485 g/mol. The second-order valence-corrected chi connectivity index (χ2v) is 9.94. The van der Waals surface area contributed by atoms with E-state index in [0.29, 0.717) is 28.9 Å². The Morgan fingerprint density at radius 3 is 1.61 bits per heavy atom. The van der Waals surface area contributed by atoms with Crippen molar-refractivity contribution in [2.24, 2.45) is 11.8 Å². The molecular weight excluding hydrogens is 452 g/mol. The Morgan fingerprint density at radius 2 is 1.22 bits per heavy atom. The van der Waals surface area contributed by atoms with Crippen molar-refractivity contribution < 1.29 is 24.7 Å². The molecule has 0 unspecified atom stereocenters. The highest BCUT2D eigenvalue weighted by atomic mass is 16.3. The van der Waals surface area contributed by atoms with Crippen LogP contribution >= 0.6 is 0 Å². The minimum Gasteiger partial charge on any atom is -0.870 e. The topological polar surface area (TPSA) is 86.8 Å². The number of aliphatic hydroxyl groups is 2. The first kappa shape index (κ1) is 25.0. The number of hydrogen-bond donors (Lipinski definition) is 2. The van der Waals surface area contributed by atoms with Gasteiger partial charge >= 0.3 is 0 Å². The lowest BCUT2D eigenvalue weighted by molar-refractivity contribution is -0.538. The lowest BCUT2D eigenvalue weighted by Gasteiger charge is -2.39. The Morgan fingerprint density at radius 1 is 0.778 bits per heavy atom. The number of anilines is 2. The molecule has 2 aliphatic rings. The van der Waals surface area contributed by atoms with Crippen LogP contribution in [0.15, 0.2) is 107 Å². The number of carbonyl (C=O) groups excluding carboxylic acids is 1. The minimum atomic E-state index is -0.521. The molecule has 0 amide bonds. The molecule has 0 fully saturated rings. The van der Waals surface area contributed by atoms with Crippen molar-refractivity contribution in [2.45, 2.75) is 27.7 Å². The largest absolute Gasteiger partial charge is 0.870 e. The Balaban J connectivity index is 1.81. The van der Waals surface area contributed by atoms with Crippen molar-refractivity contribution in [1.82, 2.24) is 0 Å². The lowest BCUT2D eigenvalue weighted by Crippen LogP contribution is -2.40. The monoisotopic (exact) mass is 484 g/mol. The van der Waals surface area contributed by atoms with E-state index >= 15 is 0 Å². The van der Waals surface area contributed by atoms with Gasteiger partial charge in [-0.25, -0.2) is 4.58 Å². The van der Waals surface area contributed by atoms with Crippen LogP contribution < -0.4 is 10.0 Å². The number of hydrogen-bond acceptors (Lipinski definition) is 5. The van der Waals surface area contributed by atoms with E-state index in [9.17, 15) is 20.1 Å². The highest BCUT2D eigenvalue weighted by Crippen LogP contribution is 2.41. The molecule has 0 radical (unpaired) electrons. The molecule has 0 aliphatic heterocycles. The summed E-state index contributed by atoms with van der Waals surface area (Å²) in [6.07, 6.45) is 3.05. The van der Waals surface area contributed by atoms with Gasteiger partial charge in [0.1, 0.15) is 24.6 Å². The predicted octanol–water partition coefficient (Wildman–Crippen LogP) is 4.94. The zero-order chi connectivity index (χ0) is 26.0. The van der Waals surface area contributed by atoms with Crippen molar-refractivity contribution in [2.75, 3.05) is 18.0 Å². The van der Waals surface area contributed by atoms with Crippen LogP contribution in [0.1, 0.15) is 27.7 Å². The molecule has 2 aromatic rings. The van der Waals surface area contributed by atoms with E-state index in [1.165, 1.54) is 12.2 Å². The van der Waals surface area contributed by atoms with E-state index in [-0.39, 0.29) is 28.4 Å². The maximum atomic E-state index is 13.4. The van der Waals surface area contributed by atoms with Crippen molar-refractivity contribution >= 4 is 22.9 Å². The van der Waals surface area contributed by atoms with Gasteiger partial charge in [0.05, 0.1) is 23.4 Å². The molecule has 4 rings (SSSR count). The molecule has 186 valence electrons. The Bertz CT molecular complexity index is 1240. The summed E-state index contributed by atoms with van der Waals surface area (Å²) in [5.41, 5.74) is 1.64. The number of para-hydroxylation sites is 2. The van der Waals surface area contributed by atoms with Crippen LogP contribution in [0.3, 0.4) is 0 Å². The maximum absolute atomic E-state index is 13.4. The van der Waals surface area contributed by atoms with Gasteiger partial charge in [-0.2, -0.15) is 0 Å². The van der Waals surface area contributed by atoms with Gasteiger partial charge < -0.3 is 20.2 Å². The van der Waals surface area contributed by atoms with Gasteiger partial charge in [0.15, 0.2) is 0 Å². The van der Waals surface area contributed by atoms with E-state index < -0.39 is 11.5 Å². The first-order chi connectivity index (χ1) is 17.2. The van der Waals surface area contributed by atoms with Crippen LogP contribution in [0.5, 0.6) is 0 Å². The average Bonchev–Trinajstić information content (AvgIpc) is 2.84. The second kappa shape index (κ2) is 10.3. The zero-order valence-corrected chi connectivity index (χ0v) is 21.1. The van der Waals surface area contributed by atoms with Gasteiger partial charge in [-0.05, 0) is 24.3 Å². The van der Waals surface area contributed by atoms with Crippen LogP contribution in [-0.2, 0) is 4.79 Å². The summed E-state index contributed by atoms with van der Waals surface area (Å²) in [4.78, 5) is 15.0. The van der Waals surface area contributed by atoms with Gasteiger partial charge in [-0.3, -0.25) is 4.79 Å². The number of nitrogens with zero attached hydrogens (tertiary/aromatic N) is 2.